The van der Waals surface area contributed by atoms with Crippen LogP contribution in [0.1, 0.15) is 98.8 Å². The summed E-state index contributed by atoms with van der Waals surface area (Å²) in [7, 11) is 1.36. The molecule has 0 spiro atoms. The number of hydrogen-bond donors (Lipinski definition) is 4. The molecule has 9 nitrogen and oxygen atoms in total. The van der Waals surface area contributed by atoms with Gasteiger partial charge in [-0.25, -0.2) is 0 Å². The number of allylic oxidation sites excluding steroid dienone is 1. The molecule has 4 fully saturated rings. The van der Waals surface area contributed by atoms with Crippen LogP contribution in [-0.2, 0) is 23.8 Å². The monoisotopic (exact) mass is 578 g/mol. The fourth-order valence-corrected chi connectivity index (χ4v) is 9.60. The van der Waals surface area contributed by atoms with E-state index in [0.717, 1.165) is 18.4 Å². The van der Waals surface area contributed by atoms with Crippen LogP contribution in [0.25, 0.3) is 0 Å². The molecule has 0 bridgehead atoms. The van der Waals surface area contributed by atoms with Crippen molar-refractivity contribution in [3.8, 4) is 0 Å². The van der Waals surface area contributed by atoms with E-state index in [9.17, 15) is 30.0 Å². The van der Waals surface area contributed by atoms with Crippen molar-refractivity contribution in [3.05, 3.63) is 11.6 Å². The zero-order valence-corrected chi connectivity index (χ0v) is 25.5. The second kappa shape index (κ2) is 10.4. The minimum atomic E-state index is -1.22. The van der Waals surface area contributed by atoms with Crippen molar-refractivity contribution in [2.45, 2.75) is 140 Å². The van der Waals surface area contributed by atoms with E-state index >= 15 is 0 Å². The van der Waals surface area contributed by atoms with Crippen molar-refractivity contribution >= 4 is 11.8 Å². The summed E-state index contributed by atoms with van der Waals surface area (Å²) in [6, 6.07) is 0. The molecule has 4 N–H and O–H groups in total. The lowest BCUT2D eigenvalue weighted by molar-refractivity contribution is -0.169. The fourth-order valence-electron chi connectivity index (χ4n) is 9.60. The van der Waals surface area contributed by atoms with Crippen molar-refractivity contribution in [1.82, 2.24) is 0 Å². The van der Waals surface area contributed by atoms with Gasteiger partial charge in [-0.2, -0.15) is 0 Å². The van der Waals surface area contributed by atoms with Crippen LogP contribution in [0.5, 0.6) is 0 Å². The number of carbonyl (C=O) groups is 2. The maximum Gasteiger partial charge on any atom is 0.305 e. The Bertz CT molecular complexity index is 1080. The van der Waals surface area contributed by atoms with Crippen molar-refractivity contribution in [1.29, 1.82) is 0 Å². The number of hydrogen-bond acceptors (Lipinski definition) is 9. The minimum absolute atomic E-state index is 0.0588. The molecule has 3 saturated carbocycles. The number of methoxy groups -OCH3 is 1. The highest BCUT2D eigenvalue weighted by molar-refractivity contribution is 5.95. The predicted octanol–water partition coefficient (Wildman–Crippen LogP) is 3.20. The minimum Gasteiger partial charge on any atom is -0.469 e. The van der Waals surface area contributed by atoms with E-state index in [1.807, 2.05) is 6.92 Å². The summed E-state index contributed by atoms with van der Waals surface area (Å²) in [6.45, 7) is 9.75. The maximum absolute atomic E-state index is 13.5. The Balaban J connectivity index is 1.46. The lowest BCUT2D eigenvalue weighted by atomic mass is 9.45. The second-order valence-corrected chi connectivity index (χ2v) is 14.9. The van der Waals surface area contributed by atoms with Gasteiger partial charge in [-0.3, -0.25) is 9.59 Å². The van der Waals surface area contributed by atoms with Gasteiger partial charge < -0.3 is 34.6 Å². The van der Waals surface area contributed by atoms with Crippen LogP contribution in [0.2, 0.25) is 0 Å². The summed E-state index contributed by atoms with van der Waals surface area (Å²) in [5.74, 6) is -0.929. The van der Waals surface area contributed by atoms with Crippen molar-refractivity contribution in [2.24, 2.45) is 28.6 Å². The van der Waals surface area contributed by atoms with E-state index in [4.69, 9.17) is 14.2 Å². The van der Waals surface area contributed by atoms with Gasteiger partial charge in [0, 0.05) is 17.8 Å². The largest absolute Gasteiger partial charge is 0.469 e. The molecule has 1 unspecified atom stereocenters. The Morgan fingerprint density at radius 1 is 1.10 bits per heavy atom. The van der Waals surface area contributed by atoms with Gasteiger partial charge in [0.2, 0.25) is 0 Å². The fraction of sp³-hybridized carbons (Fsp3) is 0.875. The molecule has 4 aliphatic carbocycles. The highest BCUT2D eigenvalue weighted by Gasteiger charge is 2.70. The number of esters is 1. The van der Waals surface area contributed by atoms with Gasteiger partial charge >= 0.3 is 5.97 Å². The molecule has 5 rings (SSSR count). The van der Waals surface area contributed by atoms with Gasteiger partial charge in [0.1, 0.15) is 0 Å². The molecule has 1 aliphatic heterocycles. The molecule has 0 aromatic carbocycles. The summed E-state index contributed by atoms with van der Waals surface area (Å²) >= 11 is 0. The summed E-state index contributed by atoms with van der Waals surface area (Å²) < 4.78 is 17.9. The normalized spacial score (nSPS) is 47.8. The first-order valence-electron chi connectivity index (χ1n) is 15.5. The summed E-state index contributed by atoms with van der Waals surface area (Å²) in [4.78, 5) is 25.4. The lowest BCUT2D eigenvalue weighted by Gasteiger charge is -2.60. The number of aliphatic hydroxyl groups excluding tert-OH is 2. The first-order valence-corrected chi connectivity index (χ1v) is 15.5. The molecule has 0 amide bonds. The second-order valence-electron chi connectivity index (χ2n) is 14.9. The van der Waals surface area contributed by atoms with Crippen LogP contribution < -0.4 is 0 Å². The summed E-state index contributed by atoms with van der Waals surface area (Å²) in [5.41, 5.74) is -3.24. The van der Waals surface area contributed by atoms with Crippen molar-refractivity contribution in [3.63, 3.8) is 0 Å². The average Bonchev–Trinajstić information content (AvgIpc) is 3.36. The van der Waals surface area contributed by atoms with E-state index in [-0.39, 0.29) is 48.5 Å². The quantitative estimate of drug-likeness (QED) is 0.335. The Morgan fingerprint density at radius 3 is 2.46 bits per heavy atom. The standard InChI is InChI=1S/C32H50O9/c1-28(2,37)12-11-25-31(5,41-27(40-25)8-7-26(36)39-6)24-10-14-32(38)19-15-21(33)20-16-22(34)23(35)17-29(20,3)18(19)9-13-30(24,32)4/h15,18,20,22-25,27,34-35,37-38H,7-14,16-17H2,1-6H3/t18-,20-,22+,23-,24-,25?,27+,29+,30+,31+,32+/m0/s1. The van der Waals surface area contributed by atoms with Gasteiger partial charge in [0.05, 0.1) is 48.6 Å². The van der Waals surface area contributed by atoms with Gasteiger partial charge in [-0.05, 0) is 101 Å². The van der Waals surface area contributed by atoms with Crippen LogP contribution in [-0.4, -0.2) is 80.7 Å². The molecule has 1 heterocycles. The topological polar surface area (TPSA) is 143 Å². The summed E-state index contributed by atoms with van der Waals surface area (Å²) in [5, 5.41) is 44.1. The Kier molecular flexibility index (Phi) is 7.86. The highest BCUT2D eigenvalue weighted by atomic mass is 16.7. The zero-order chi connectivity index (χ0) is 30.2. The van der Waals surface area contributed by atoms with E-state index in [1.165, 1.54) is 7.11 Å². The molecule has 232 valence electrons. The average molecular weight is 579 g/mol. The third-order valence-corrected chi connectivity index (χ3v) is 12.0. The van der Waals surface area contributed by atoms with Crippen molar-refractivity contribution in [2.75, 3.05) is 7.11 Å². The molecular formula is C32H50O9. The third kappa shape index (κ3) is 4.92. The predicted molar refractivity (Wildman–Crippen MR) is 149 cm³/mol. The number of rotatable bonds is 7. The first-order chi connectivity index (χ1) is 19.0. The van der Waals surface area contributed by atoms with Gasteiger partial charge in [0.15, 0.2) is 12.1 Å². The Labute approximate surface area is 243 Å². The van der Waals surface area contributed by atoms with Crippen LogP contribution in [0.15, 0.2) is 11.6 Å². The molecule has 41 heavy (non-hydrogen) atoms. The van der Waals surface area contributed by atoms with Gasteiger partial charge in [-0.1, -0.05) is 13.8 Å². The molecule has 0 radical (unpaired) electrons. The van der Waals surface area contributed by atoms with Gasteiger partial charge in [0.25, 0.3) is 0 Å². The molecule has 11 atom stereocenters. The first kappa shape index (κ1) is 31.1. The van der Waals surface area contributed by atoms with Crippen LogP contribution >= 0.6 is 0 Å². The SMILES string of the molecule is COC(=O)CC[C@@H]1OC(CCC(C)(C)O)[C@@](C)([C@H]2CC[C@@]3(O)C4=CC(=O)[C@@H]5C[C@@H](O)[C@@H](O)C[C@]5(C)[C@H]4CC[C@]23C)O1. The molecular weight excluding hydrogens is 528 g/mol. The van der Waals surface area contributed by atoms with E-state index < -0.39 is 46.1 Å². The molecule has 0 aromatic heterocycles. The van der Waals surface area contributed by atoms with Crippen LogP contribution in [0.3, 0.4) is 0 Å². The molecule has 5 aliphatic rings. The molecule has 0 aromatic rings. The lowest BCUT2D eigenvalue weighted by Crippen LogP contribution is -2.62. The number of ether oxygens (including phenoxy) is 3. The Hall–Kier alpha value is -1.36. The highest BCUT2D eigenvalue weighted by Crippen LogP contribution is 2.69. The van der Waals surface area contributed by atoms with E-state index in [0.29, 0.717) is 38.5 Å². The van der Waals surface area contributed by atoms with Crippen LogP contribution in [0, 0.1) is 28.6 Å². The molecule has 9 heteroatoms. The van der Waals surface area contributed by atoms with E-state index in [2.05, 4.69) is 13.8 Å². The van der Waals surface area contributed by atoms with Gasteiger partial charge in [-0.15, -0.1) is 0 Å². The van der Waals surface area contributed by atoms with Crippen LogP contribution in [0.4, 0.5) is 0 Å². The summed E-state index contributed by atoms with van der Waals surface area (Å²) in [6.07, 6.45) is 3.72. The smallest absolute Gasteiger partial charge is 0.305 e. The maximum atomic E-state index is 13.5. The molecule has 1 saturated heterocycles. The third-order valence-electron chi connectivity index (χ3n) is 12.0. The number of ketones is 1. The number of fused-ring (bicyclic) bond motifs is 5. The Morgan fingerprint density at radius 2 is 1.80 bits per heavy atom. The number of aliphatic hydroxyl groups is 4. The number of carbonyl (C=O) groups excluding carboxylic acids is 2. The van der Waals surface area contributed by atoms with E-state index in [1.54, 1.807) is 19.9 Å². The zero-order valence-electron chi connectivity index (χ0n) is 25.5. The van der Waals surface area contributed by atoms with Crippen molar-refractivity contribution < 1.29 is 44.2 Å².